The van der Waals surface area contributed by atoms with Crippen molar-refractivity contribution in [1.82, 2.24) is 0 Å². The van der Waals surface area contributed by atoms with Crippen LogP contribution in [0, 0.1) is 0 Å². The van der Waals surface area contributed by atoms with Gasteiger partial charge in [0.25, 0.3) is 10.1 Å². The Morgan fingerprint density at radius 3 is 2.12 bits per heavy atom. The smallest absolute Gasteiger partial charge is 0.357 e. The number of nitrogen functional groups attached to an aromatic ring is 2. The highest BCUT2D eigenvalue weighted by molar-refractivity contribution is 7.86. The molecule has 0 fully saturated rings. The van der Waals surface area contributed by atoms with Crippen LogP contribution in [0.5, 0.6) is 5.75 Å². The molecule has 2 rings (SSSR count). The standard InChI is InChI=1S/C14H14N2O6S2/c15-11-5-3-9(13(7-11)22-23(17)18)1-2-10-4-6-12(16)8-14(10)24(19,20)21/h1-8H,15-16H2,(H,17,18)(H,19,20,21). The van der Waals surface area contributed by atoms with Gasteiger partial charge in [-0.25, -0.2) is 0 Å². The molecule has 8 nitrogen and oxygen atoms in total. The lowest BCUT2D eigenvalue weighted by Crippen LogP contribution is -2.02. The first-order valence-corrected chi connectivity index (χ1v) is 8.88. The lowest BCUT2D eigenvalue weighted by molar-refractivity contribution is 0.457. The van der Waals surface area contributed by atoms with E-state index in [1.165, 1.54) is 36.4 Å². The zero-order valence-electron chi connectivity index (χ0n) is 12.1. The van der Waals surface area contributed by atoms with Crippen LogP contribution in [0.25, 0.3) is 12.2 Å². The fourth-order valence-electron chi connectivity index (χ4n) is 1.93. The van der Waals surface area contributed by atoms with E-state index in [0.717, 1.165) is 6.07 Å². The minimum absolute atomic E-state index is 0.0379. The largest absolute Gasteiger partial charge is 0.399 e. The summed E-state index contributed by atoms with van der Waals surface area (Å²) in [6.45, 7) is 0. The Kier molecular flexibility index (Phi) is 5.24. The van der Waals surface area contributed by atoms with Gasteiger partial charge in [-0.05, 0) is 29.8 Å². The van der Waals surface area contributed by atoms with Crippen molar-refractivity contribution in [1.29, 1.82) is 0 Å². The minimum Gasteiger partial charge on any atom is -0.399 e. The van der Waals surface area contributed by atoms with Gasteiger partial charge in [0.15, 0.2) is 5.75 Å². The van der Waals surface area contributed by atoms with Crippen LogP contribution in [0.4, 0.5) is 11.4 Å². The van der Waals surface area contributed by atoms with E-state index in [0.29, 0.717) is 11.3 Å². The molecule has 0 saturated heterocycles. The van der Waals surface area contributed by atoms with Gasteiger partial charge in [-0.15, -0.1) is 0 Å². The van der Waals surface area contributed by atoms with Crippen molar-refractivity contribution in [2.24, 2.45) is 0 Å². The highest BCUT2D eigenvalue weighted by Crippen LogP contribution is 2.26. The lowest BCUT2D eigenvalue weighted by atomic mass is 10.1. The van der Waals surface area contributed by atoms with Crippen LogP contribution in [0.15, 0.2) is 41.3 Å². The molecule has 0 aliphatic rings. The van der Waals surface area contributed by atoms with Crippen LogP contribution in [-0.4, -0.2) is 21.7 Å². The summed E-state index contributed by atoms with van der Waals surface area (Å²) in [5.74, 6) is 0.0379. The van der Waals surface area contributed by atoms with E-state index in [2.05, 4.69) is 0 Å². The maximum atomic E-state index is 11.4. The van der Waals surface area contributed by atoms with E-state index >= 15 is 0 Å². The normalized spacial score (nSPS) is 13.1. The summed E-state index contributed by atoms with van der Waals surface area (Å²) < 4.78 is 56.5. The molecular formula is C14H14N2O6S2. The average Bonchev–Trinajstić information content (AvgIpc) is 2.46. The van der Waals surface area contributed by atoms with E-state index < -0.39 is 21.5 Å². The third kappa shape index (κ3) is 4.55. The molecule has 6 N–H and O–H groups in total. The number of benzene rings is 2. The molecule has 0 bridgehead atoms. The highest BCUT2D eigenvalue weighted by atomic mass is 32.2. The molecule has 0 heterocycles. The summed E-state index contributed by atoms with van der Waals surface area (Å²) >= 11 is -2.55. The lowest BCUT2D eigenvalue weighted by Gasteiger charge is -2.07. The molecule has 1 unspecified atom stereocenters. The van der Waals surface area contributed by atoms with Crippen molar-refractivity contribution in [2.75, 3.05) is 11.5 Å². The second-order valence-electron chi connectivity index (χ2n) is 4.70. The second kappa shape index (κ2) is 7.01. The topological polar surface area (TPSA) is 153 Å². The molecule has 0 spiro atoms. The third-order valence-corrected chi connectivity index (χ3v) is 4.19. The van der Waals surface area contributed by atoms with Gasteiger partial charge in [0.2, 0.25) is 0 Å². The van der Waals surface area contributed by atoms with Crippen molar-refractivity contribution in [3.63, 3.8) is 0 Å². The monoisotopic (exact) mass is 370 g/mol. The van der Waals surface area contributed by atoms with Crippen LogP contribution in [0.2, 0.25) is 0 Å². The van der Waals surface area contributed by atoms with Gasteiger partial charge < -0.3 is 15.7 Å². The molecule has 128 valence electrons. The number of rotatable bonds is 5. The van der Waals surface area contributed by atoms with Crippen molar-refractivity contribution in [3.05, 3.63) is 47.5 Å². The first kappa shape index (κ1) is 17.9. The summed E-state index contributed by atoms with van der Waals surface area (Å²) in [6, 6.07) is 8.42. The SMILES string of the molecule is Nc1ccc(C=Cc2ccc(N)cc2S(=O)(=O)O)c(OS(=O)O)c1. The van der Waals surface area contributed by atoms with Crippen LogP contribution in [0.3, 0.4) is 0 Å². The number of hydrogen-bond donors (Lipinski definition) is 4. The first-order chi connectivity index (χ1) is 11.2. The highest BCUT2D eigenvalue weighted by Gasteiger charge is 2.14. The van der Waals surface area contributed by atoms with Crippen LogP contribution in [0.1, 0.15) is 11.1 Å². The van der Waals surface area contributed by atoms with Crippen molar-refractivity contribution < 1.29 is 25.9 Å². The minimum atomic E-state index is -4.47. The number of hydrogen-bond acceptors (Lipinski definition) is 6. The zero-order valence-corrected chi connectivity index (χ0v) is 13.8. The maximum Gasteiger partial charge on any atom is 0.357 e. The van der Waals surface area contributed by atoms with Gasteiger partial charge in [0.05, 0.1) is 0 Å². The molecule has 24 heavy (non-hydrogen) atoms. The molecule has 2 aromatic rings. The molecule has 0 saturated carbocycles. The zero-order chi connectivity index (χ0) is 17.9. The molecule has 2 aromatic carbocycles. The average molecular weight is 370 g/mol. The Bertz CT molecular complexity index is 925. The van der Waals surface area contributed by atoms with Crippen LogP contribution < -0.4 is 15.7 Å². The molecule has 0 aliphatic carbocycles. The van der Waals surface area contributed by atoms with Gasteiger partial charge in [-0.2, -0.15) is 12.6 Å². The predicted octanol–water partition coefficient (Wildman–Crippen LogP) is 1.78. The Morgan fingerprint density at radius 1 is 1.00 bits per heavy atom. The summed E-state index contributed by atoms with van der Waals surface area (Å²) in [4.78, 5) is -0.359. The summed E-state index contributed by atoms with van der Waals surface area (Å²) in [6.07, 6.45) is 2.84. The van der Waals surface area contributed by atoms with Crippen LogP contribution >= 0.6 is 0 Å². The Balaban J connectivity index is 2.48. The molecule has 10 heteroatoms. The third-order valence-electron chi connectivity index (χ3n) is 2.96. The maximum absolute atomic E-state index is 11.4. The van der Waals surface area contributed by atoms with E-state index in [-0.39, 0.29) is 21.9 Å². The van der Waals surface area contributed by atoms with Crippen molar-refractivity contribution >= 4 is 45.0 Å². The molecule has 0 aromatic heterocycles. The van der Waals surface area contributed by atoms with Gasteiger partial charge in [0.1, 0.15) is 4.90 Å². The van der Waals surface area contributed by atoms with E-state index in [4.69, 9.17) is 20.2 Å². The summed E-state index contributed by atoms with van der Waals surface area (Å²) in [5.41, 5.74) is 12.2. The van der Waals surface area contributed by atoms with Gasteiger partial charge in [-0.1, -0.05) is 18.2 Å². The van der Waals surface area contributed by atoms with E-state index in [1.54, 1.807) is 6.07 Å². The van der Waals surface area contributed by atoms with Crippen LogP contribution in [-0.2, 0) is 21.5 Å². The second-order valence-corrected chi connectivity index (χ2v) is 6.69. The quantitative estimate of drug-likeness (QED) is 0.269. The number of nitrogens with two attached hydrogens (primary N) is 2. The van der Waals surface area contributed by atoms with Gasteiger partial charge >= 0.3 is 11.4 Å². The Labute approximate surface area is 141 Å². The summed E-state index contributed by atoms with van der Waals surface area (Å²) in [7, 11) is -4.47. The van der Waals surface area contributed by atoms with E-state index in [1.807, 2.05) is 0 Å². The first-order valence-electron chi connectivity index (χ1n) is 6.40. The number of anilines is 2. The van der Waals surface area contributed by atoms with E-state index in [9.17, 15) is 17.2 Å². The molecular weight excluding hydrogens is 356 g/mol. The van der Waals surface area contributed by atoms with Crippen molar-refractivity contribution in [3.8, 4) is 5.75 Å². The molecule has 0 amide bonds. The predicted molar refractivity (Wildman–Crippen MR) is 91.9 cm³/mol. The Hall–Kier alpha value is -2.40. The van der Waals surface area contributed by atoms with Gasteiger partial charge in [-0.3, -0.25) is 9.11 Å². The van der Waals surface area contributed by atoms with Crippen molar-refractivity contribution in [2.45, 2.75) is 4.90 Å². The molecule has 0 aliphatic heterocycles. The Morgan fingerprint density at radius 2 is 1.54 bits per heavy atom. The summed E-state index contributed by atoms with van der Waals surface area (Å²) in [5, 5.41) is 0. The molecule has 1 atom stereocenters. The van der Waals surface area contributed by atoms with Gasteiger partial charge in [0, 0.05) is 23.0 Å². The fraction of sp³-hybridized carbons (Fsp3) is 0. The molecule has 0 radical (unpaired) electrons. The fourth-order valence-corrected chi connectivity index (χ4v) is 2.95.